The first-order chi connectivity index (χ1) is 32.7. The Morgan fingerprint density at radius 3 is 1.24 bits per heavy atom. The summed E-state index contributed by atoms with van der Waals surface area (Å²) in [5.41, 5.74) is 25.8. The fourth-order valence-corrected chi connectivity index (χ4v) is 11.2. The lowest BCUT2D eigenvalue weighted by Gasteiger charge is -2.30. The Bertz CT molecular complexity index is 3400. The summed E-state index contributed by atoms with van der Waals surface area (Å²) in [6.07, 6.45) is 0. The highest BCUT2D eigenvalue weighted by Gasteiger charge is 2.44. The van der Waals surface area contributed by atoms with Crippen LogP contribution in [0, 0.1) is 0 Å². The maximum absolute atomic E-state index is 2.57. The smallest absolute Gasteiger partial charge is 0.0543 e. The molecule has 10 aromatic carbocycles. The summed E-state index contributed by atoms with van der Waals surface area (Å²) in [4.78, 5) is 2.52. The molecule has 0 N–H and O–H groups in total. The first-order valence-corrected chi connectivity index (χ1v) is 23.6. The monoisotopic (exact) mass is 857 g/mol. The van der Waals surface area contributed by atoms with Gasteiger partial charge in [0.25, 0.3) is 0 Å². The summed E-state index contributed by atoms with van der Waals surface area (Å²) in [5, 5.41) is 0. The van der Waals surface area contributed by atoms with Gasteiger partial charge in [0.05, 0.1) is 5.69 Å². The van der Waals surface area contributed by atoms with Gasteiger partial charge in [0.15, 0.2) is 0 Å². The summed E-state index contributed by atoms with van der Waals surface area (Å²) in [7, 11) is 0. The molecule has 320 valence electrons. The maximum Gasteiger partial charge on any atom is 0.0543 e. The van der Waals surface area contributed by atoms with Gasteiger partial charge < -0.3 is 4.90 Å². The molecule has 0 fully saturated rings. The van der Waals surface area contributed by atoms with Crippen molar-refractivity contribution in [2.24, 2.45) is 0 Å². The van der Waals surface area contributed by atoms with E-state index in [1.165, 1.54) is 106 Å². The lowest BCUT2D eigenvalue weighted by Crippen LogP contribution is -2.17. The average molecular weight is 858 g/mol. The van der Waals surface area contributed by atoms with Gasteiger partial charge >= 0.3 is 0 Å². The number of nitrogens with zero attached hydrogens (tertiary/aromatic N) is 1. The van der Waals surface area contributed by atoms with E-state index in [-0.39, 0.29) is 10.8 Å². The molecule has 0 saturated heterocycles. The number of anilines is 3. The van der Waals surface area contributed by atoms with Gasteiger partial charge in [-0.1, -0.05) is 204 Å². The van der Waals surface area contributed by atoms with E-state index in [9.17, 15) is 0 Å². The normalized spacial score (nSPS) is 13.6. The molecule has 0 saturated carbocycles. The first kappa shape index (κ1) is 40.5. The molecule has 0 atom stereocenters. The highest BCUT2D eigenvalue weighted by Crippen LogP contribution is 2.60. The molecule has 10 aromatic rings. The van der Waals surface area contributed by atoms with Crippen LogP contribution in [0.3, 0.4) is 0 Å². The van der Waals surface area contributed by atoms with Gasteiger partial charge in [0.2, 0.25) is 0 Å². The zero-order chi connectivity index (χ0) is 45.3. The Kier molecular flexibility index (Phi) is 9.59. The summed E-state index contributed by atoms with van der Waals surface area (Å²) in [5.74, 6) is 0. The standard InChI is InChI=1S/C66H51N/c1-65(2)59-31-20-32-62(63(59)58-43-60-56(42-61(58)65)57-41-52(47-27-16-8-17-28-47)40-55(64(57)66(60,3)4)49-29-18-9-19-30-49)67(53-35-33-48(34-36-53)44-21-10-5-11-22-44)54-38-50(45-23-12-6-13-24-45)37-51(39-54)46-25-14-7-15-26-46/h5-43H,1-4H3. The molecule has 2 aliphatic carbocycles. The van der Waals surface area contributed by atoms with Crippen molar-refractivity contribution >= 4 is 17.1 Å². The predicted molar refractivity (Wildman–Crippen MR) is 283 cm³/mol. The van der Waals surface area contributed by atoms with Crippen molar-refractivity contribution in [2.45, 2.75) is 38.5 Å². The molecule has 1 heteroatoms. The molecule has 0 bridgehead atoms. The Morgan fingerprint density at radius 1 is 0.269 bits per heavy atom. The third-order valence-corrected chi connectivity index (χ3v) is 14.6. The summed E-state index contributed by atoms with van der Waals surface area (Å²) in [6.45, 7) is 9.72. The first-order valence-electron chi connectivity index (χ1n) is 23.6. The van der Waals surface area contributed by atoms with E-state index in [0.29, 0.717) is 0 Å². The Hall–Kier alpha value is -8.00. The topological polar surface area (TPSA) is 3.24 Å². The number of hydrogen-bond donors (Lipinski definition) is 0. The highest BCUT2D eigenvalue weighted by atomic mass is 15.1. The number of rotatable bonds is 8. The lowest BCUT2D eigenvalue weighted by molar-refractivity contribution is 0.653. The fraction of sp³-hybridized carbons (Fsp3) is 0.0909. The SMILES string of the molecule is CC1(C)c2cc3c(cc2-c2c(N(c4ccc(-c5ccccc5)cc4)c4cc(-c5ccccc5)cc(-c5ccccc5)c4)cccc21)C(C)(C)c1c(-c2ccccc2)cc(-c2ccccc2)cc1-3. The fourth-order valence-electron chi connectivity index (χ4n) is 11.2. The number of benzene rings is 10. The summed E-state index contributed by atoms with van der Waals surface area (Å²) in [6, 6.07) is 87.5. The van der Waals surface area contributed by atoms with Crippen LogP contribution in [0.25, 0.3) is 77.9 Å². The van der Waals surface area contributed by atoms with Crippen LogP contribution in [-0.2, 0) is 10.8 Å². The van der Waals surface area contributed by atoms with Crippen molar-refractivity contribution < 1.29 is 0 Å². The van der Waals surface area contributed by atoms with Gasteiger partial charge in [-0.15, -0.1) is 0 Å². The molecule has 0 heterocycles. The van der Waals surface area contributed by atoms with Crippen LogP contribution in [0.5, 0.6) is 0 Å². The van der Waals surface area contributed by atoms with Crippen LogP contribution < -0.4 is 4.90 Å². The van der Waals surface area contributed by atoms with E-state index in [0.717, 1.165) is 11.4 Å². The van der Waals surface area contributed by atoms with Crippen molar-refractivity contribution in [3.8, 4) is 77.9 Å². The average Bonchev–Trinajstić information content (AvgIpc) is 3.76. The molecule has 0 aromatic heterocycles. The third kappa shape index (κ3) is 6.76. The molecule has 0 aliphatic heterocycles. The van der Waals surface area contributed by atoms with Crippen LogP contribution in [0.4, 0.5) is 17.1 Å². The molecule has 1 nitrogen and oxygen atoms in total. The van der Waals surface area contributed by atoms with Crippen LogP contribution in [0.1, 0.15) is 49.9 Å². The minimum absolute atomic E-state index is 0.258. The van der Waals surface area contributed by atoms with Gasteiger partial charge in [0, 0.05) is 27.8 Å². The number of hydrogen-bond acceptors (Lipinski definition) is 1. The maximum atomic E-state index is 2.57. The molecule has 67 heavy (non-hydrogen) atoms. The second-order valence-corrected chi connectivity index (χ2v) is 19.3. The van der Waals surface area contributed by atoms with E-state index in [2.05, 4.69) is 269 Å². The van der Waals surface area contributed by atoms with Crippen molar-refractivity contribution in [3.05, 3.63) is 259 Å². The molecule has 2 aliphatic rings. The van der Waals surface area contributed by atoms with Crippen molar-refractivity contribution in [1.82, 2.24) is 0 Å². The second kappa shape index (κ2) is 15.9. The van der Waals surface area contributed by atoms with E-state index in [1.54, 1.807) is 0 Å². The van der Waals surface area contributed by atoms with E-state index in [1.807, 2.05) is 0 Å². The molecule has 12 rings (SSSR count). The van der Waals surface area contributed by atoms with Gasteiger partial charge in [-0.25, -0.2) is 0 Å². The molecule has 0 spiro atoms. The summed E-state index contributed by atoms with van der Waals surface area (Å²) < 4.78 is 0. The van der Waals surface area contributed by atoms with Gasteiger partial charge in [-0.2, -0.15) is 0 Å². The Labute approximate surface area is 395 Å². The predicted octanol–water partition coefficient (Wildman–Crippen LogP) is 18.1. The van der Waals surface area contributed by atoms with Gasteiger partial charge in [0.1, 0.15) is 0 Å². The van der Waals surface area contributed by atoms with E-state index >= 15 is 0 Å². The zero-order valence-corrected chi connectivity index (χ0v) is 38.5. The quantitative estimate of drug-likeness (QED) is 0.147. The molecule has 0 unspecified atom stereocenters. The highest BCUT2D eigenvalue weighted by molar-refractivity contribution is 6.00. The summed E-state index contributed by atoms with van der Waals surface area (Å²) >= 11 is 0. The van der Waals surface area contributed by atoms with Gasteiger partial charge in [-0.05, 0) is 155 Å². The zero-order valence-electron chi connectivity index (χ0n) is 38.5. The van der Waals surface area contributed by atoms with Crippen LogP contribution in [-0.4, -0.2) is 0 Å². The van der Waals surface area contributed by atoms with Crippen LogP contribution in [0.2, 0.25) is 0 Å². The second-order valence-electron chi connectivity index (χ2n) is 19.3. The van der Waals surface area contributed by atoms with Crippen LogP contribution >= 0.6 is 0 Å². The largest absolute Gasteiger partial charge is 0.310 e. The van der Waals surface area contributed by atoms with Gasteiger partial charge in [-0.3, -0.25) is 0 Å². The van der Waals surface area contributed by atoms with E-state index < -0.39 is 0 Å². The van der Waals surface area contributed by atoms with Crippen molar-refractivity contribution in [2.75, 3.05) is 4.90 Å². The minimum atomic E-state index is -0.260. The molecule has 0 radical (unpaired) electrons. The van der Waals surface area contributed by atoms with Crippen molar-refractivity contribution in [1.29, 1.82) is 0 Å². The minimum Gasteiger partial charge on any atom is -0.310 e. The molecule has 0 amide bonds. The van der Waals surface area contributed by atoms with E-state index in [4.69, 9.17) is 0 Å². The third-order valence-electron chi connectivity index (χ3n) is 14.6. The molecular formula is C66H51N. The number of fused-ring (bicyclic) bond motifs is 6. The lowest BCUT2D eigenvalue weighted by atomic mass is 9.77. The Balaban J connectivity index is 1.10. The van der Waals surface area contributed by atoms with Crippen molar-refractivity contribution in [3.63, 3.8) is 0 Å². The van der Waals surface area contributed by atoms with Crippen LogP contribution in [0.15, 0.2) is 237 Å². The molecular weight excluding hydrogens is 807 g/mol. The Morgan fingerprint density at radius 2 is 0.701 bits per heavy atom.